The van der Waals surface area contributed by atoms with Crippen LogP contribution < -0.4 is 5.32 Å². The third kappa shape index (κ3) is 50.0. The second-order valence-corrected chi connectivity index (χ2v) is 20.0. The van der Waals surface area contributed by atoms with Crippen molar-refractivity contribution in [3.8, 4) is 0 Å². The SMILES string of the molecule is CCCCCCCC/C=C\CCCCCCCCCCCC(=O)OCCCCCCCCCCCCCCCCCCCC(=O)NC(CO)C(O)CCCCCCCCCCCCC. The van der Waals surface area contributed by atoms with E-state index in [1.807, 2.05) is 0 Å². The molecule has 0 aromatic rings. The molecule has 0 heterocycles. The van der Waals surface area contributed by atoms with Crippen molar-refractivity contribution < 1.29 is 24.5 Å². The molecule has 2 atom stereocenters. The van der Waals surface area contributed by atoms with Crippen LogP contribution in [0.25, 0.3) is 0 Å². The largest absolute Gasteiger partial charge is 0.466 e. The van der Waals surface area contributed by atoms with Crippen LogP contribution >= 0.6 is 0 Å². The van der Waals surface area contributed by atoms with Crippen molar-refractivity contribution in [1.29, 1.82) is 0 Å². The maximum atomic E-state index is 12.4. The molecule has 0 aromatic heterocycles. The Kier molecular flexibility index (Phi) is 53.0. The maximum absolute atomic E-state index is 12.4. The summed E-state index contributed by atoms with van der Waals surface area (Å²) in [7, 11) is 0. The minimum absolute atomic E-state index is 0.00537. The lowest BCUT2D eigenvalue weighted by Crippen LogP contribution is -2.45. The van der Waals surface area contributed by atoms with E-state index in [0.29, 0.717) is 25.9 Å². The molecule has 0 rings (SSSR count). The van der Waals surface area contributed by atoms with Crippen LogP contribution in [-0.4, -0.2) is 47.4 Å². The van der Waals surface area contributed by atoms with E-state index in [0.717, 1.165) is 44.9 Å². The number of allylic oxidation sites excluding steroid dienone is 2. The average Bonchev–Trinajstić information content (AvgIpc) is 3.29. The number of aliphatic hydroxyl groups excluding tert-OH is 2. The monoisotopic (exact) mass is 904 g/mol. The number of rotatable bonds is 54. The zero-order valence-corrected chi connectivity index (χ0v) is 43.3. The van der Waals surface area contributed by atoms with Crippen molar-refractivity contribution in [2.75, 3.05) is 13.2 Å². The van der Waals surface area contributed by atoms with Gasteiger partial charge in [0.2, 0.25) is 5.91 Å². The van der Waals surface area contributed by atoms with Gasteiger partial charge in [-0.1, -0.05) is 270 Å². The first-order valence-corrected chi connectivity index (χ1v) is 28.9. The second kappa shape index (κ2) is 54.2. The number of hydrogen-bond acceptors (Lipinski definition) is 5. The fourth-order valence-electron chi connectivity index (χ4n) is 9.11. The highest BCUT2D eigenvalue weighted by Crippen LogP contribution is 2.17. The van der Waals surface area contributed by atoms with Gasteiger partial charge in [0.15, 0.2) is 0 Å². The molecule has 3 N–H and O–H groups in total. The van der Waals surface area contributed by atoms with Crippen molar-refractivity contribution in [2.24, 2.45) is 0 Å². The summed E-state index contributed by atoms with van der Waals surface area (Å²) in [4.78, 5) is 24.5. The summed E-state index contributed by atoms with van der Waals surface area (Å²) >= 11 is 0. The van der Waals surface area contributed by atoms with Crippen LogP contribution in [0.5, 0.6) is 0 Å². The van der Waals surface area contributed by atoms with Gasteiger partial charge in [0.25, 0.3) is 0 Å². The van der Waals surface area contributed by atoms with Gasteiger partial charge in [-0.3, -0.25) is 9.59 Å². The van der Waals surface area contributed by atoms with Gasteiger partial charge in [-0.25, -0.2) is 0 Å². The number of unbranched alkanes of at least 4 members (excludes halogenated alkanes) is 41. The van der Waals surface area contributed by atoms with Crippen molar-refractivity contribution in [2.45, 2.75) is 334 Å². The van der Waals surface area contributed by atoms with Crippen molar-refractivity contribution in [1.82, 2.24) is 5.32 Å². The molecular formula is C58H113NO5. The first-order valence-electron chi connectivity index (χ1n) is 28.9. The van der Waals surface area contributed by atoms with Gasteiger partial charge in [-0.2, -0.15) is 0 Å². The van der Waals surface area contributed by atoms with Crippen molar-refractivity contribution in [3.05, 3.63) is 12.2 Å². The Morgan fingerprint density at radius 1 is 0.422 bits per heavy atom. The first kappa shape index (κ1) is 62.6. The van der Waals surface area contributed by atoms with Gasteiger partial charge in [0, 0.05) is 12.8 Å². The van der Waals surface area contributed by atoms with Crippen LogP contribution in [0.1, 0.15) is 322 Å². The second-order valence-electron chi connectivity index (χ2n) is 20.0. The number of aliphatic hydroxyl groups is 2. The van der Waals surface area contributed by atoms with E-state index in [-0.39, 0.29) is 18.5 Å². The van der Waals surface area contributed by atoms with Crippen LogP contribution in [-0.2, 0) is 14.3 Å². The minimum atomic E-state index is -0.666. The molecule has 380 valence electrons. The van der Waals surface area contributed by atoms with Crippen molar-refractivity contribution in [3.63, 3.8) is 0 Å². The van der Waals surface area contributed by atoms with Gasteiger partial charge in [-0.05, 0) is 51.4 Å². The number of carbonyl (C=O) groups is 2. The van der Waals surface area contributed by atoms with Gasteiger partial charge >= 0.3 is 5.97 Å². The fourth-order valence-corrected chi connectivity index (χ4v) is 9.11. The molecule has 0 aliphatic carbocycles. The molecular weight excluding hydrogens is 791 g/mol. The van der Waals surface area contributed by atoms with Gasteiger partial charge < -0.3 is 20.3 Å². The third-order valence-electron chi connectivity index (χ3n) is 13.6. The van der Waals surface area contributed by atoms with E-state index in [2.05, 4.69) is 31.3 Å². The number of carbonyl (C=O) groups excluding carboxylic acids is 2. The molecule has 0 saturated carbocycles. The maximum Gasteiger partial charge on any atom is 0.305 e. The highest BCUT2D eigenvalue weighted by Gasteiger charge is 2.20. The molecule has 0 aromatic carbocycles. The molecule has 0 radical (unpaired) electrons. The van der Waals surface area contributed by atoms with Gasteiger partial charge in [0.05, 0.1) is 25.4 Å². The van der Waals surface area contributed by atoms with E-state index in [4.69, 9.17) is 4.74 Å². The molecule has 0 bridgehead atoms. The Morgan fingerprint density at radius 3 is 1.11 bits per heavy atom. The predicted octanol–water partition coefficient (Wildman–Crippen LogP) is 17.7. The highest BCUT2D eigenvalue weighted by atomic mass is 16.5. The Bertz CT molecular complexity index is 955. The smallest absolute Gasteiger partial charge is 0.305 e. The van der Waals surface area contributed by atoms with E-state index in [1.165, 1.54) is 244 Å². The molecule has 0 aliphatic heterocycles. The summed E-state index contributed by atoms with van der Waals surface area (Å²) in [5, 5.41) is 23.2. The normalized spacial score (nSPS) is 12.6. The van der Waals surface area contributed by atoms with Crippen molar-refractivity contribution >= 4 is 11.9 Å². The van der Waals surface area contributed by atoms with E-state index < -0.39 is 12.1 Å². The lowest BCUT2D eigenvalue weighted by atomic mass is 10.0. The Balaban J connectivity index is 3.37. The quantitative estimate of drug-likeness (QED) is 0.0321. The molecule has 6 heteroatoms. The van der Waals surface area contributed by atoms with Gasteiger partial charge in [0.1, 0.15) is 0 Å². The summed E-state index contributed by atoms with van der Waals surface area (Å²) in [5.41, 5.74) is 0. The molecule has 1 amide bonds. The minimum Gasteiger partial charge on any atom is -0.466 e. The van der Waals surface area contributed by atoms with Gasteiger partial charge in [-0.15, -0.1) is 0 Å². The molecule has 2 unspecified atom stereocenters. The van der Waals surface area contributed by atoms with Crippen LogP contribution in [0.15, 0.2) is 12.2 Å². The number of hydrogen-bond donors (Lipinski definition) is 3. The van der Waals surface area contributed by atoms with Crippen LogP contribution in [0.2, 0.25) is 0 Å². The summed E-state index contributed by atoms with van der Waals surface area (Å²) in [6.07, 6.45) is 63.5. The summed E-state index contributed by atoms with van der Waals surface area (Å²) < 4.78 is 5.49. The van der Waals surface area contributed by atoms with Crippen LogP contribution in [0.4, 0.5) is 0 Å². The standard InChI is InChI=1S/C58H113NO5/c1-3-5-7-9-11-13-15-16-17-18-19-22-25-28-32-36-40-44-48-52-58(63)64-53-49-45-41-37-33-29-26-23-20-21-24-27-31-35-39-43-47-51-57(62)59-55(54-60)56(61)50-46-42-38-34-30-14-12-10-8-6-4-2/h16-17,55-56,60-61H,3-15,18-54H2,1-2H3,(H,59,62)/b17-16-. The Hall–Kier alpha value is -1.40. The Labute approximate surface area is 399 Å². The average molecular weight is 905 g/mol. The zero-order chi connectivity index (χ0) is 46.5. The van der Waals surface area contributed by atoms with E-state index in [1.54, 1.807) is 0 Å². The number of esters is 1. The predicted molar refractivity (Wildman–Crippen MR) is 278 cm³/mol. The Morgan fingerprint density at radius 2 is 0.734 bits per heavy atom. The topological polar surface area (TPSA) is 95.9 Å². The lowest BCUT2D eigenvalue weighted by molar-refractivity contribution is -0.143. The number of nitrogens with one attached hydrogen (secondary N) is 1. The van der Waals surface area contributed by atoms with Crippen LogP contribution in [0.3, 0.4) is 0 Å². The molecule has 64 heavy (non-hydrogen) atoms. The number of ether oxygens (including phenoxy) is 1. The summed E-state index contributed by atoms with van der Waals surface area (Å²) in [5.74, 6) is -0.0348. The van der Waals surface area contributed by atoms with E-state index >= 15 is 0 Å². The zero-order valence-electron chi connectivity index (χ0n) is 43.3. The molecule has 0 aliphatic rings. The third-order valence-corrected chi connectivity index (χ3v) is 13.6. The molecule has 0 saturated heterocycles. The molecule has 0 fully saturated rings. The number of amides is 1. The molecule has 6 nitrogen and oxygen atoms in total. The molecule has 0 spiro atoms. The first-order chi connectivity index (χ1) is 31.5. The lowest BCUT2D eigenvalue weighted by Gasteiger charge is -2.22. The van der Waals surface area contributed by atoms with Crippen LogP contribution in [0, 0.1) is 0 Å². The fraction of sp³-hybridized carbons (Fsp3) is 0.931. The summed E-state index contributed by atoms with van der Waals surface area (Å²) in [6, 6.07) is -0.543. The summed E-state index contributed by atoms with van der Waals surface area (Å²) in [6.45, 7) is 4.94. The highest BCUT2D eigenvalue weighted by molar-refractivity contribution is 5.76. The van der Waals surface area contributed by atoms with E-state index in [9.17, 15) is 19.8 Å².